The number of nitrogens with one attached hydrogen (secondary N) is 2. The molecule has 2 aliphatic heterocycles. The number of aliphatic hydroxyl groups is 1. The molecular formula is C30H30ClF2N5O5S. The predicted molar refractivity (Wildman–Crippen MR) is 163 cm³/mol. The van der Waals surface area contributed by atoms with Gasteiger partial charge in [-0.3, -0.25) is 4.72 Å². The number of nitrogens with zero attached hydrogens (tertiary/aromatic N) is 3. The lowest BCUT2D eigenvalue weighted by atomic mass is 10.0. The first-order chi connectivity index (χ1) is 21.1. The number of methoxy groups -OCH3 is 1. The van der Waals surface area contributed by atoms with Crippen LogP contribution in [-0.2, 0) is 14.8 Å². The smallest absolute Gasteiger partial charge is 0.265 e. The highest BCUT2D eigenvalue weighted by molar-refractivity contribution is 7.92. The number of piperidine rings is 1. The third-order valence-corrected chi connectivity index (χ3v) is 9.44. The number of rotatable bonds is 9. The lowest BCUT2D eigenvalue weighted by molar-refractivity contribution is 0.132. The van der Waals surface area contributed by atoms with E-state index in [0.29, 0.717) is 18.1 Å². The molecular weight excluding hydrogens is 616 g/mol. The van der Waals surface area contributed by atoms with Crippen LogP contribution in [0.15, 0.2) is 53.6 Å². The zero-order chi connectivity index (χ0) is 31.0. The summed E-state index contributed by atoms with van der Waals surface area (Å²) in [5, 5.41) is 13.6. The normalized spacial score (nSPS) is 17.4. The Morgan fingerprint density at radius 1 is 1.14 bits per heavy atom. The average molecular weight is 646 g/mol. The van der Waals surface area contributed by atoms with Crippen LogP contribution < -0.4 is 14.8 Å². The number of anilines is 2. The minimum absolute atomic E-state index is 0.0602. The van der Waals surface area contributed by atoms with Gasteiger partial charge in [-0.2, -0.15) is 0 Å². The van der Waals surface area contributed by atoms with E-state index >= 15 is 8.78 Å². The fourth-order valence-corrected chi connectivity index (χ4v) is 7.07. The molecule has 6 rings (SSSR count). The molecule has 232 valence electrons. The topological polar surface area (TPSA) is 126 Å². The first kappa shape index (κ1) is 30.4. The van der Waals surface area contributed by atoms with Crippen molar-refractivity contribution in [1.29, 1.82) is 0 Å². The van der Waals surface area contributed by atoms with Crippen molar-refractivity contribution in [3.63, 3.8) is 0 Å². The van der Waals surface area contributed by atoms with Gasteiger partial charge in [-0.1, -0.05) is 23.7 Å². The number of sulfonamides is 1. The van der Waals surface area contributed by atoms with Crippen molar-refractivity contribution in [1.82, 2.24) is 14.9 Å². The van der Waals surface area contributed by atoms with E-state index in [1.54, 1.807) is 13.2 Å². The molecule has 0 spiro atoms. The Morgan fingerprint density at radius 2 is 1.91 bits per heavy atom. The Labute approximate surface area is 258 Å². The lowest BCUT2D eigenvalue weighted by Crippen LogP contribution is -2.40. The van der Waals surface area contributed by atoms with Crippen LogP contribution >= 0.6 is 11.6 Å². The fraction of sp³-hybridized carbons (Fsp3) is 0.333. The second-order valence-electron chi connectivity index (χ2n) is 10.7. The first-order valence-corrected chi connectivity index (χ1v) is 15.9. The van der Waals surface area contributed by atoms with E-state index in [4.69, 9.17) is 21.1 Å². The number of likely N-dealkylation sites (tertiary alicyclic amines) is 1. The Bertz CT molecular complexity index is 1820. The van der Waals surface area contributed by atoms with Gasteiger partial charge in [0.1, 0.15) is 29.2 Å². The van der Waals surface area contributed by atoms with Crippen molar-refractivity contribution in [2.45, 2.75) is 29.9 Å². The SMILES string of the molecule is COCCN1CCC(Nc2ncc3c(F)c(-c4cccc(NS(=O)(=O)c5cc(Cl)cc6c5OC[C@H]6O)c4F)ccc3n2)CC1. The second kappa shape index (κ2) is 12.4. The lowest BCUT2D eigenvalue weighted by Gasteiger charge is -2.32. The van der Waals surface area contributed by atoms with Crippen LogP contribution in [0, 0.1) is 11.6 Å². The zero-order valence-corrected chi connectivity index (χ0v) is 25.3. The van der Waals surface area contributed by atoms with Crippen LogP contribution in [0.3, 0.4) is 0 Å². The molecule has 44 heavy (non-hydrogen) atoms. The van der Waals surface area contributed by atoms with Crippen LogP contribution in [0.1, 0.15) is 24.5 Å². The highest BCUT2D eigenvalue weighted by Gasteiger charge is 2.32. The van der Waals surface area contributed by atoms with Crippen molar-refractivity contribution < 1.29 is 31.8 Å². The van der Waals surface area contributed by atoms with E-state index in [9.17, 15) is 13.5 Å². The Hall–Kier alpha value is -3.62. The van der Waals surface area contributed by atoms with E-state index in [1.807, 2.05) is 0 Å². The monoisotopic (exact) mass is 645 g/mol. The summed E-state index contributed by atoms with van der Waals surface area (Å²) in [5.74, 6) is -1.40. The van der Waals surface area contributed by atoms with Gasteiger partial charge in [-0.15, -0.1) is 0 Å². The molecule has 1 saturated heterocycles. The minimum atomic E-state index is -4.41. The van der Waals surface area contributed by atoms with Gasteiger partial charge in [0, 0.05) is 60.7 Å². The summed E-state index contributed by atoms with van der Waals surface area (Å²) in [4.78, 5) is 10.8. The third-order valence-electron chi connectivity index (χ3n) is 7.85. The largest absolute Gasteiger partial charge is 0.489 e. The van der Waals surface area contributed by atoms with Crippen LogP contribution in [-0.4, -0.2) is 74.4 Å². The maximum atomic E-state index is 15.8. The number of aliphatic hydroxyl groups excluding tert-OH is 1. The number of ether oxygens (including phenoxy) is 2. The Morgan fingerprint density at radius 3 is 2.68 bits per heavy atom. The van der Waals surface area contributed by atoms with Gasteiger partial charge < -0.3 is 24.8 Å². The number of aromatic nitrogens is 2. The molecule has 0 aliphatic carbocycles. The van der Waals surface area contributed by atoms with Gasteiger partial charge in [-0.05, 0) is 43.2 Å². The maximum Gasteiger partial charge on any atom is 0.265 e. The molecule has 0 unspecified atom stereocenters. The van der Waals surface area contributed by atoms with Crippen molar-refractivity contribution in [3.8, 4) is 16.9 Å². The van der Waals surface area contributed by atoms with Crippen molar-refractivity contribution in [3.05, 3.63) is 70.9 Å². The van der Waals surface area contributed by atoms with Gasteiger partial charge >= 0.3 is 0 Å². The highest BCUT2D eigenvalue weighted by atomic mass is 35.5. The van der Waals surface area contributed by atoms with E-state index in [2.05, 4.69) is 24.9 Å². The summed E-state index contributed by atoms with van der Waals surface area (Å²) in [6.07, 6.45) is 2.13. The molecule has 14 heteroatoms. The van der Waals surface area contributed by atoms with E-state index < -0.39 is 33.4 Å². The summed E-state index contributed by atoms with van der Waals surface area (Å²) >= 11 is 6.09. The van der Waals surface area contributed by atoms with Gasteiger partial charge in [0.25, 0.3) is 10.0 Å². The molecule has 4 aromatic rings. The zero-order valence-electron chi connectivity index (χ0n) is 23.7. The standard InChI is InChI=1S/C30H30ClF2N5O5S/c1-42-12-11-38-9-7-18(8-10-38)35-30-34-15-22-23(36-30)6-5-20(27(22)32)19-3-2-4-24(28(19)33)37-44(40,41)26-14-17(31)13-21-25(39)16-43-29(21)26/h2-6,13-15,18,25,37,39H,7-12,16H2,1H3,(H,34,35,36)/t25-/m1/s1. The molecule has 3 heterocycles. The van der Waals surface area contributed by atoms with Crippen molar-refractivity contribution >= 4 is 44.2 Å². The van der Waals surface area contributed by atoms with E-state index in [1.165, 1.54) is 36.5 Å². The summed E-state index contributed by atoms with van der Waals surface area (Å²) in [5.41, 5.74) is -0.0861. The number of benzene rings is 3. The molecule has 3 N–H and O–H groups in total. The quantitative estimate of drug-likeness (QED) is 0.231. The number of fused-ring (bicyclic) bond motifs is 2. The van der Waals surface area contributed by atoms with Crippen LogP contribution in [0.2, 0.25) is 5.02 Å². The second-order valence-corrected chi connectivity index (χ2v) is 12.8. The number of hydrogen-bond acceptors (Lipinski definition) is 9. The van der Waals surface area contributed by atoms with Gasteiger partial charge in [-0.25, -0.2) is 27.2 Å². The summed E-state index contributed by atoms with van der Waals surface area (Å²) in [6, 6.07) is 9.70. The molecule has 10 nitrogen and oxygen atoms in total. The van der Waals surface area contributed by atoms with Crippen LogP contribution in [0.25, 0.3) is 22.0 Å². The molecule has 1 atom stereocenters. The first-order valence-electron chi connectivity index (χ1n) is 14.0. The molecule has 0 bridgehead atoms. The maximum absolute atomic E-state index is 15.8. The highest BCUT2D eigenvalue weighted by Crippen LogP contribution is 2.41. The Kier molecular flexibility index (Phi) is 8.57. The predicted octanol–water partition coefficient (Wildman–Crippen LogP) is 4.98. The van der Waals surface area contributed by atoms with E-state index in [0.717, 1.165) is 38.5 Å². The molecule has 0 amide bonds. The number of halogens is 3. The molecule has 3 aromatic carbocycles. The molecule has 2 aliphatic rings. The fourth-order valence-electron chi connectivity index (χ4n) is 5.51. The molecule has 0 saturated carbocycles. The van der Waals surface area contributed by atoms with Gasteiger partial charge in [0.15, 0.2) is 5.82 Å². The third kappa shape index (κ3) is 6.02. The Balaban J connectivity index is 1.23. The van der Waals surface area contributed by atoms with Crippen molar-refractivity contribution in [2.75, 3.05) is 50.0 Å². The summed E-state index contributed by atoms with van der Waals surface area (Å²) in [7, 11) is -2.73. The van der Waals surface area contributed by atoms with Crippen LogP contribution in [0.5, 0.6) is 5.75 Å². The van der Waals surface area contributed by atoms with E-state index in [-0.39, 0.29) is 50.4 Å². The average Bonchev–Trinajstić information content (AvgIpc) is 3.37. The number of hydrogen-bond donors (Lipinski definition) is 3. The van der Waals surface area contributed by atoms with Crippen LogP contribution in [0.4, 0.5) is 20.4 Å². The van der Waals surface area contributed by atoms with Crippen molar-refractivity contribution in [2.24, 2.45) is 0 Å². The minimum Gasteiger partial charge on any atom is -0.489 e. The van der Waals surface area contributed by atoms with Gasteiger partial charge in [0.2, 0.25) is 5.95 Å². The van der Waals surface area contributed by atoms with Gasteiger partial charge in [0.05, 0.1) is 23.2 Å². The summed E-state index contributed by atoms with van der Waals surface area (Å²) in [6.45, 7) is 3.28. The molecule has 0 radical (unpaired) electrons. The molecule has 1 fully saturated rings. The summed E-state index contributed by atoms with van der Waals surface area (Å²) < 4.78 is 70.9. The molecule has 1 aromatic heterocycles.